The average molecular weight is 394 g/mol. The van der Waals surface area contributed by atoms with E-state index >= 15 is 0 Å². The first kappa shape index (κ1) is 19.8. The van der Waals surface area contributed by atoms with E-state index < -0.39 is 10.2 Å². The predicted octanol–water partition coefficient (Wildman–Crippen LogP) is 2.59. The van der Waals surface area contributed by atoms with E-state index in [4.69, 9.17) is 9.90 Å². The molecule has 0 aliphatic heterocycles. The summed E-state index contributed by atoms with van der Waals surface area (Å²) in [5, 5.41) is 7.88. The molecular formula is C16H18N4O4S2. The van der Waals surface area contributed by atoms with E-state index in [1.807, 2.05) is 19.1 Å². The van der Waals surface area contributed by atoms with Crippen molar-refractivity contribution in [1.29, 1.82) is 0 Å². The minimum Gasteiger partial charge on any atom is -0.483 e. The highest BCUT2D eigenvalue weighted by Gasteiger charge is 2.14. The molecule has 0 spiro atoms. The van der Waals surface area contributed by atoms with Crippen LogP contribution in [0.2, 0.25) is 0 Å². The minimum absolute atomic E-state index is 0.250. The van der Waals surface area contributed by atoms with Crippen LogP contribution < -0.4 is 4.72 Å². The van der Waals surface area contributed by atoms with Crippen molar-refractivity contribution < 1.29 is 18.3 Å². The molecule has 0 aliphatic carbocycles. The number of carbonyl (C=O) groups is 1. The smallest absolute Gasteiger partial charge is 0.301 e. The van der Waals surface area contributed by atoms with Crippen LogP contribution in [0.3, 0.4) is 0 Å². The highest BCUT2D eigenvalue weighted by atomic mass is 32.2. The zero-order valence-corrected chi connectivity index (χ0v) is 16.0. The Morgan fingerprint density at radius 2 is 1.96 bits per heavy atom. The molecule has 0 radical (unpaired) electrons. The van der Waals surface area contributed by atoms with Gasteiger partial charge in [-0.2, -0.15) is 12.7 Å². The van der Waals surface area contributed by atoms with Gasteiger partial charge in [-0.25, -0.2) is 4.98 Å². The van der Waals surface area contributed by atoms with Gasteiger partial charge >= 0.3 is 10.2 Å². The van der Waals surface area contributed by atoms with Gasteiger partial charge in [0.25, 0.3) is 6.47 Å². The molecule has 0 saturated heterocycles. The lowest BCUT2D eigenvalue weighted by Crippen LogP contribution is -2.28. The molecule has 1 aromatic carbocycles. The Kier molecular flexibility index (Phi) is 6.24. The summed E-state index contributed by atoms with van der Waals surface area (Å²) in [4.78, 5) is 18.1. The van der Waals surface area contributed by atoms with Crippen LogP contribution in [-0.2, 0) is 15.0 Å². The Balaban J connectivity index is 0.000000758. The third-order valence-corrected chi connectivity index (χ3v) is 5.68. The number of nitrogens with zero attached hydrogens (tertiary/aromatic N) is 3. The van der Waals surface area contributed by atoms with Crippen molar-refractivity contribution in [2.45, 2.75) is 6.92 Å². The number of rotatable bonds is 4. The molecule has 0 atom stereocenters. The lowest BCUT2D eigenvalue weighted by Gasteiger charge is -2.14. The average Bonchev–Trinajstić information content (AvgIpc) is 3.09. The Morgan fingerprint density at radius 3 is 2.54 bits per heavy atom. The second-order valence-electron chi connectivity index (χ2n) is 5.42. The maximum absolute atomic E-state index is 11.9. The maximum Gasteiger partial charge on any atom is 0.301 e. The second-order valence-corrected chi connectivity index (χ2v) is 8.19. The first-order valence-corrected chi connectivity index (χ1v) is 9.69. The monoisotopic (exact) mass is 394 g/mol. The van der Waals surface area contributed by atoms with Gasteiger partial charge < -0.3 is 5.11 Å². The van der Waals surface area contributed by atoms with Crippen molar-refractivity contribution in [2.75, 3.05) is 18.8 Å². The van der Waals surface area contributed by atoms with Gasteiger partial charge in [-0.1, -0.05) is 6.07 Å². The van der Waals surface area contributed by atoms with E-state index in [-0.39, 0.29) is 6.47 Å². The van der Waals surface area contributed by atoms with Crippen molar-refractivity contribution >= 4 is 44.6 Å². The zero-order chi connectivity index (χ0) is 19.3. The van der Waals surface area contributed by atoms with Crippen molar-refractivity contribution in [3.63, 3.8) is 0 Å². The van der Waals surface area contributed by atoms with Gasteiger partial charge in [0.15, 0.2) is 0 Å². The third-order valence-electron chi connectivity index (χ3n) is 3.43. The van der Waals surface area contributed by atoms with Gasteiger partial charge in [0.2, 0.25) is 0 Å². The fourth-order valence-electron chi connectivity index (χ4n) is 2.17. The highest BCUT2D eigenvalue weighted by Crippen LogP contribution is 2.28. The van der Waals surface area contributed by atoms with E-state index in [0.29, 0.717) is 5.69 Å². The van der Waals surface area contributed by atoms with Crippen LogP contribution in [0.5, 0.6) is 0 Å². The molecule has 0 fully saturated rings. The number of carboxylic acid groups (broad SMARTS) is 1. The van der Waals surface area contributed by atoms with Gasteiger partial charge in [-0.3, -0.25) is 14.5 Å². The fourth-order valence-corrected chi connectivity index (χ4v) is 3.36. The number of benzene rings is 1. The first-order valence-electron chi connectivity index (χ1n) is 7.37. The number of aromatic nitrogens is 2. The predicted molar refractivity (Wildman–Crippen MR) is 103 cm³/mol. The van der Waals surface area contributed by atoms with Crippen LogP contribution in [0.25, 0.3) is 21.5 Å². The summed E-state index contributed by atoms with van der Waals surface area (Å²) < 4.78 is 27.5. The fraction of sp³-hybridized carbons (Fsp3) is 0.188. The number of hydrogen-bond donors (Lipinski definition) is 2. The van der Waals surface area contributed by atoms with Crippen molar-refractivity contribution in [3.05, 3.63) is 41.5 Å². The summed E-state index contributed by atoms with van der Waals surface area (Å²) in [5.41, 5.74) is 4.91. The number of nitrogens with one attached hydrogen (secondary N) is 1. The first-order chi connectivity index (χ1) is 12.3. The third kappa shape index (κ3) is 4.54. The number of fused-ring (bicyclic) bond motifs is 1. The van der Waals surface area contributed by atoms with E-state index in [1.54, 1.807) is 23.8 Å². The quantitative estimate of drug-likeness (QED) is 0.658. The highest BCUT2D eigenvalue weighted by molar-refractivity contribution is 7.90. The summed E-state index contributed by atoms with van der Waals surface area (Å²) in [5.74, 6) is 0. The molecule has 2 aromatic heterocycles. The number of hydrogen-bond acceptors (Lipinski definition) is 6. The summed E-state index contributed by atoms with van der Waals surface area (Å²) in [7, 11) is -0.576. The normalized spacial score (nSPS) is 11.1. The molecule has 0 aliphatic rings. The lowest BCUT2D eigenvalue weighted by atomic mass is 10.1. The van der Waals surface area contributed by atoms with Crippen LogP contribution in [0, 0.1) is 6.92 Å². The number of thiazole rings is 1. The van der Waals surface area contributed by atoms with Crippen molar-refractivity contribution in [1.82, 2.24) is 14.3 Å². The standard InChI is InChI=1S/C15H16N4O2S2.CH2O2/c1-10-6-14(15-8-16-9-22-15)17-13-7-11(4-5-12(10)13)18-23(20,21)19(2)3;2-1-3/h4-9,18H,1-3H3;1H,(H,2,3). The molecule has 3 rings (SSSR count). The molecule has 0 bridgehead atoms. The molecule has 10 heteroatoms. The Labute approximate surface area is 155 Å². The van der Waals surface area contributed by atoms with Crippen molar-refractivity contribution in [2.24, 2.45) is 0 Å². The Bertz CT molecular complexity index is 1000. The van der Waals surface area contributed by atoms with Gasteiger partial charge in [0.1, 0.15) is 0 Å². The SMILES string of the molecule is Cc1cc(-c2cncs2)nc2cc(NS(=O)(=O)N(C)C)ccc12.O=CO. The molecule has 2 N–H and O–H groups in total. The van der Waals surface area contributed by atoms with Crippen LogP contribution >= 0.6 is 11.3 Å². The van der Waals surface area contributed by atoms with Gasteiger partial charge in [-0.05, 0) is 30.7 Å². The van der Waals surface area contributed by atoms with E-state index in [0.717, 1.165) is 31.3 Å². The summed E-state index contributed by atoms with van der Waals surface area (Å²) in [6.07, 6.45) is 1.77. The van der Waals surface area contributed by atoms with Gasteiger partial charge in [0.05, 0.1) is 27.3 Å². The Morgan fingerprint density at radius 1 is 1.27 bits per heavy atom. The molecule has 8 nitrogen and oxygen atoms in total. The topological polar surface area (TPSA) is 112 Å². The summed E-state index contributed by atoms with van der Waals surface area (Å²) in [6, 6.07) is 7.37. The molecule has 26 heavy (non-hydrogen) atoms. The van der Waals surface area contributed by atoms with Crippen LogP contribution in [0.15, 0.2) is 36.0 Å². The van der Waals surface area contributed by atoms with Crippen LogP contribution in [-0.4, -0.2) is 48.4 Å². The summed E-state index contributed by atoms with van der Waals surface area (Å²) >= 11 is 1.52. The number of anilines is 1. The molecule has 138 valence electrons. The molecule has 0 amide bonds. The van der Waals surface area contributed by atoms with E-state index in [1.165, 1.54) is 25.4 Å². The largest absolute Gasteiger partial charge is 0.483 e. The number of pyridine rings is 1. The van der Waals surface area contributed by atoms with Gasteiger partial charge in [0, 0.05) is 25.7 Å². The zero-order valence-electron chi connectivity index (χ0n) is 14.4. The van der Waals surface area contributed by atoms with Crippen molar-refractivity contribution in [3.8, 4) is 10.6 Å². The van der Waals surface area contributed by atoms with Crippen LogP contribution in [0.1, 0.15) is 5.56 Å². The molecule has 0 unspecified atom stereocenters. The molecule has 3 aromatic rings. The Hall–Kier alpha value is -2.56. The second kappa shape index (κ2) is 8.21. The molecule has 2 heterocycles. The van der Waals surface area contributed by atoms with E-state index in [2.05, 4.69) is 14.7 Å². The number of aryl methyl sites for hydroxylation is 1. The summed E-state index contributed by atoms with van der Waals surface area (Å²) in [6.45, 7) is 1.76. The van der Waals surface area contributed by atoms with Crippen LogP contribution in [0.4, 0.5) is 5.69 Å². The van der Waals surface area contributed by atoms with E-state index in [9.17, 15) is 8.42 Å². The molecular weight excluding hydrogens is 376 g/mol. The molecule has 0 saturated carbocycles. The maximum atomic E-state index is 11.9. The minimum atomic E-state index is -3.54. The van der Waals surface area contributed by atoms with Gasteiger partial charge in [-0.15, -0.1) is 11.3 Å². The lowest BCUT2D eigenvalue weighted by molar-refractivity contribution is -0.122.